The molecule has 0 heterocycles. The van der Waals surface area contributed by atoms with E-state index in [2.05, 4.69) is 43.4 Å². The van der Waals surface area contributed by atoms with Crippen LogP contribution in [0.5, 0.6) is 0 Å². The van der Waals surface area contributed by atoms with E-state index in [9.17, 15) is 4.79 Å². The summed E-state index contributed by atoms with van der Waals surface area (Å²) < 4.78 is 0. The Morgan fingerprint density at radius 1 is 0.789 bits per heavy atom. The van der Waals surface area contributed by atoms with E-state index in [0.717, 1.165) is 19.3 Å². The fourth-order valence-corrected chi connectivity index (χ4v) is 1.42. The monoisotopic (exact) mass is 262 g/mol. The molecule has 0 aromatic heterocycles. The van der Waals surface area contributed by atoms with Gasteiger partial charge in [-0.1, -0.05) is 62.0 Å². The molecule has 0 spiro atoms. The van der Waals surface area contributed by atoms with Crippen molar-refractivity contribution in [3.05, 3.63) is 48.6 Å². The van der Waals surface area contributed by atoms with Gasteiger partial charge in [0.2, 0.25) is 0 Å². The third kappa shape index (κ3) is 16.4. The Kier molecular flexibility index (Phi) is 13.3. The maximum atomic E-state index is 10.3. The van der Waals surface area contributed by atoms with Gasteiger partial charge in [-0.3, -0.25) is 4.79 Å². The van der Waals surface area contributed by atoms with Crippen LogP contribution in [0.3, 0.4) is 0 Å². The molecule has 0 rings (SSSR count). The van der Waals surface area contributed by atoms with Gasteiger partial charge >= 0.3 is 5.97 Å². The maximum Gasteiger partial charge on any atom is 0.303 e. The molecule has 106 valence electrons. The molecule has 0 unspecified atom stereocenters. The SMILES string of the molecule is CCC/C=C\C/C=C\C/C=C\C/C=C\CCC(=O)O. The van der Waals surface area contributed by atoms with Gasteiger partial charge in [0.15, 0.2) is 0 Å². The van der Waals surface area contributed by atoms with E-state index in [4.69, 9.17) is 5.11 Å². The first-order chi connectivity index (χ1) is 9.27. The zero-order chi connectivity index (χ0) is 14.2. The van der Waals surface area contributed by atoms with Crippen LogP contribution in [-0.4, -0.2) is 11.1 Å². The van der Waals surface area contributed by atoms with Crippen molar-refractivity contribution in [1.29, 1.82) is 0 Å². The lowest BCUT2D eigenvalue weighted by molar-refractivity contribution is -0.136. The molecule has 0 saturated heterocycles. The van der Waals surface area contributed by atoms with E-state index in [1.54, 1.807) is 0 Å². The van der Waals surface area contributed by atoms with Crippen LogP contribution in [0, 0.1) is 0 Å². The van der Waals surface area contributed by atoms with E-state index >= 15 is 0 Å². The summed E-state index contributed by atoms with van der Waals surface area (Å²) in [5.41, 5.74) is 0. The topological polar surface area (TPSA) is 37.3 Å². The van der Waals surface area contributed by atoms with Crippen molar-refractivity contribution in [3.63, 3.8) is 0 Å². The highest BCUT2D eigenvalue weighted by molar-refractivity contribution is 5.66. The molecule has 0 saturated carbocycles. The molecule has 0 aromatic rings. The summed E-state index contributed by atoms with van der Waals surface area (Å²) >= 11 is 0. The first kappa shape index (κ1) is 17.4. The third-order valence-electron chi connectivity index (χ3n) is 2.46. The number of rotatable bonds is 11. The van der Waals surface area contributed by atoms with Crippen LogP contribution in [0.1, 0.15) is 51.9 Å². The molecule has 0 bridgehead atoms. The van der Waals surface area contributed by atoms with E-state index in [-0.39, 0.29) is 6.42 Å². The van der Waals surface area contributed by atoms with Gasteiger partial charge in [-0.05, 0) is 32.1 Å². The number of allylic oxidation sites excluding steroid dienone is 8. The third-order valence-corrected chi connectivity index (χ3v) is 2.46. The molecule has 2 nitrogen and oxygen atoms in total. The minimum atomic E-state index is -0.738. The minimum absolute atomic E-state index is 0.217. The predicted molar refractivity (Wildman–Crippen MR) is 82.2 cm³/mol. The number of carbonyl (C=O) groups is 1. The first-order valence-corrected chi connectivity index (χ1v) is 7.09. The van der Waals surface area contributed by atoms with Gasteiger partial charge in [0.05, 0.1) is 0 Å². The Hall–Kier alpha value is -1.57. The summed E-state index contributed by atoms with van der Waals surface area (Å²) in [7, 11) is 0. The lowest BCUT2D eigenvalue weighted by Gasteiger charge is -1.87. The molecule has 0 aliphatic heterocycles. The molecule has 19 heavy (non-hydrogen) atoms. The first-order valence-electron chi connectivity index (χ1n) is 7.09. The highest BCUT2D eigenvalue weighted by Gasteiger charge is 1.90. The second-order valence-electron chi connectivity index (χ2n) is 4.31. The molecule has 0 aliphatic carbocycles. The standard InChI is InChI=1S/C17H26O2/c1-2-3-4-5-6-7-8-9-10-11-12-13-14-15-16-17(18)19/h4-5,7-8,10-11,13-14H,2-3,6,9,12,15-16H2,1H3,(H,18,19)/b5-4-,8-7-,11-10-,14-13-. The van der Waals surface area contributed by atoms with E-state index in [0.29, 0.717) is 6.42 Å². The van der Waals surface area contributed by atoms with Crippen LogP contribution in [0.2, 0.25) is 0 Å². The Morgan fingerprint density at radius 2 is 1.21 bits per heavy atom. The molecule has 0 atom stereocenters. The molecule has 0 aromatic carbocycles. The zero-order valence-corrected chi connectivity index (χ0v) is 11.9. The molecule has 1 N–H and O–H groups in total. The second kappa shape index (κ2) is 14.5. The summed E-state index contributed by atoms with van der Waals surface area (Å²) in [4.78, 5) is 10.3. The number of carboxylic acid groups (broad SMARTS) is 1. The smallest absolute Gasteiger partial charge is 0.303 e. The van der Waals surface area contributed by atoms with Crippen molar-refractivity contribution in [3.8, 4) is 0 Å². The van der Waals surface area contributed by atoms with Crippen molar-refractivity contribution in [1.82, 2.24) is 0 Å². The maximum absolute atomic E-state index is 10.3. The summed E-state index contributed by atoms with van der Waals surface area (Å²) in [6.45, 7) is 2.18. The van der Waals surface area contributed by atoms with Gasteiger partial charge in [0, 0.05) is 6.42 Å². The van der Waals surface area contributed by atoms with Gasteiger partial charge in [0.1, 0.15) is 0 Å². The fourth-order valence-electron chi connectivity index (χ4n) is 1.42. The number of hydrogen-bond donors (Lipinski definition) is 1. The summed E-state index contributed by atoms with van der Waals surface area (Å²) in [6, 6.07) is 0. The van der Waals surface area contributed by atoms with Gasteiger partial charge < -0.3 is 5.11 Å². The predicted octanol–water partition coefficient (Wildman–Crippen LogP) is 5.05. The summed E-state index contributed by atoms with van der Waals surface area (Å²) in [6.07, 6.45) is 23.0. The summed E-state index contributed by atoms with van der Waals surface area (Å²) in [5.74, 6) is -0.738. The van der Waals surface area contributed by atoms with Gasteiger partial charge in [-0.25, -0.2) is 0 Å². The minimum Gasteiger partial charge on any atom is -0.481 e. The van der Waals surface area contributed by atoms with Crippen molar-refractivity contribution < 1.29 is 9.90 Å². The quantitative estimate of drug-likeness (QED) is 0.529. The van der Waals surface area contributed by atoms with Gasteiger partial charge in [-0.2, -0.15) is 0 Å². The van der Waals surface area contributed by atoms with Crippen LogP contribution in [-0.2, 0) is 4.79 Å². The van der Waals surface area contributed by atoms with Crippen LogP contribution < -0.4 is 0 Å². The van der Waals surface area contributed by atoms with E-state index in [1.807, 2.05) is 12.2 Å². The molecular weight excluding hydrogens is 236 g/mol. The zero-order valence-electron chi connectivity index (χ0n) is 11.9. The van der Waals surface area contributed by atoms with Gasteiger partial charge in [0.25, 0.3) is 0 Å². The molecule has 2 heteroatoms. The molecule has 0 radical (unpaired) electrons. The fraction of sp³-hybridized carbons (Fsp3) is 0.471. The normalized spacial score (nSPS) is 12.5. The second-order valence-corrected chi connectivity index (χ2v) is 4.31. The lowest BCUT2D eigenvalue weighted by atomic mass is 10.2. The number of unbranched alkanes of at least 4 members (excludes halogenated alkanes) is 1. The van der Waals surface area contributed by atoms with Gasteiger partial charge in [-0.15, -0.1) is 0 Å². The van der Waals surface area contributed by atoms with Crippen molar-refractivity contribution in [2.24, 2.45) is 0 Å². The average Bonchev–Trinajstić information content (AvgIpc) is 2.39. The highest BCUT2D eigenvalue weighted by Crippen LogP contribution is 1.97. The molecular formula is C17H26O2. The van der Waals surface area contributed by atoms with Crippen molar-refractivity contribution in [2.45, 2.75) is 51.9 Å². The largest absolute Gasteiger partial charge is 0.481 e. The van der Waals surface area contributed by atoms with Crippen LogP contribution in [0.15, 0.2) is 48.6 Å². The Labute approximate surface area is 117 Å². The molecule has 0 fully saturated rings. The number of carboxylic acids is 1. The van der Waals surface area contributed by atoms with E-state index in [1.165, 1.54) is 12.8 Å². The van der Waals surface area contributed by atoms with E-state index < -0.39 is 5.97 Å². The number of hydrogen-bond acceptors (Lipinski definition) is 1. The Bertz CT molecular complexity index is 322. The lowest BCUT2D eigenvalue weighted by Crippen LogP contribution is -1.91. The van der Waals surface area contributed by atoms with Crippen molar-refractivity contribution >= 4 is 5.97 Å². The summed E-state index contributed by atoms with van der Waals surface area (Å²) in [5, 5.41) is 8.44. The van der Waals surface area contributed by atoms with Crippen LogP contribution in [0.4, 0.5) is 0 Å². The molecule has 0 amide bonds. The van der Waals surface area contributed by atoms with Crippen LogP contribution >= 0.6 is 0 Å². The number of aliphatic carboxylic acids is 1. The average molecular weight is 262 g/mol. The van der Waals surface area contributed by atoms with Crippen molar-refractivity contribution in [2.75, 3.05) is 0 Å². The Balaban J connectivity index is 3.43. The highest BCUT2D eigenvalue weighted by atomic mass is 16.4. The Morgan fingerprint density at radius 3 is 1.63 bits per heavy atom. The molecule has 0 aliphatic rings. The van der Waals surface area contributed by atoms with Crippen LogP contribution in [0.25, 0.3) is 0 Å².